The zero-order valence-corrected chi connectivity index (χ0v) is 15.2. The van der Waals surface area contributed by atoms with E-state index < -0.39 is 20.9 Å². The van der Waals surface area contributed by atoms with E-state index in [1.807, 2.05) is 0 Å². The maximum absolute atomic E-state index is 12.5. The molecular formula is C18H19N3O5S. The normalized spacial score (nSPS) is 14.8. The van der Waals surface area contributed by atoms with Crippen LogP contribution in [-0.2, 0) is 10.0 Å². The Kier molecular flexibility index (Phi) is 5.52. The van der Waals surface area contributed by atoms with Crippen molar-refractivity contribution in [2.24, 2.45) is 0 Å². The van der Waals surface area contributed by atoms with Crippen molar-refractivity contribution in [2.75, 3.05) is 5.32 Å². The number of carbonyl (C=O) groups is 1. The van der Waals surface area contributed by atoms with Gasteiger partial charge in [0, 0.05) is 29.4 Å². The van der Waals surface area contributed by atoms with E-state index in [4.69, 9.17) is 0 Å². The molecule has 0 heterocycles. The Balaban J connectivity index is 1.74. The molecule has 9 heteroatoms. The van der Waals surface area contributed by atoms with Crippen LogP contribution in [0.15, 0.2) is 53.4 Å². The van der Waals surface area contributed by atoms with Crippen molar-refractivity contribution in [1.82, 2.24) is 4.72 Å². The Morgan fingerprint density at radius 3 is 2.37 bits per heavy atom. The highest BCUT2D eigenvalue weighted by atomic mass is 32.2. The van der Waals surface area contributed by atoms with Crippen LogP contribution in [0.1, 0.15) is 36.0 Å². The number of anilines is 1. The molecule has 142 valence electrons. The fourth-order valence-corrected chi connectivity index (χ4v) is 4.36. The van der Waals surface area contributed by atoms with Crippen LogP contribution in [0, 0.1) is 10.1 Å². The molecule has 0 spiro atoms. The van der Waals surface area contributed by atoms with Gasteiger partial charge >= 0.3 is 0 Å². The van der Waals surface area contributed by atoms with E-state index in [1.165, 1.54) is 48.5 Å². The fourth-order valence-electron chi connectivity index (χ4n) is 3.01. The predicted molar refractivity (Wildman–Crippen MR) is 100 cm³/mol. The average Bonchev–Trinajstić information content (AvgIpc) is 3.14. The van der Waals surface area contributed by atoms with Gasteiger partial charge in [-0.2, -0.15) is 0 Å². The molecule has 1 aliphatic rings. The zero-order valence-electron chi connectivity index (χ0n) is 14.4. The number of nitro groups is 1. The summed E-state index contributed by atoms with van der Waals surface area (Å²) in [7, 11) is -3.69. The smallest absolute Gasteiger partial charge is 0.269 e. The number of sulfonamides is 1. The van der Waals surface area contributed by atoms with E-state index in [1.54, 1.807) is 0 Å². The van der Waals surface area contributed by atoms with Gasteiger partial charge in [0.25, 0.3) is 11.6 Å². The number of nitro benzene ring substituents is 1. The quantitative estimate of drug-likeness (QED) is 0.581. The molecule has 2 aromatic carbocycles. The van der Waals surface area contributed by atoms with E-state index in [0.717, 1.165) is 25.7 Å². The van der Waals surface area contributed by atoms with Crippen LogP contribution in [0.5, 0.6) is 0 Å². The molecule has 27 heavy (non-hydrogen) atoms. The van der Waals surface area contributed by atoms with Crippen LogP contribution < -0.4 is 10.0 Å². The highest BCUT2D eigenvalue weighted by molar-refractivity contribution is 7.89. The Labute approximate surface area is 156 Å². The maximum atomic E-state index is 12.5. The van der Waals surface area contributed by atoms with Gasteiger partial charge in [-0.25, -0.2) is 13.1 Å². The van der Waals surface area contributed by atoms with Crippen LogP contribution in [-0.4, -0.2) is 25.3 Å². The first kappa shape index (κ1) is 19.0. The number of benzene rings is 2. The standard InChI is InChI=1S/C18H19N3O5S/c22-18(19-14-8-10-16(11-9-14)21(23)24)13-4-3-7-17(12-13)27(25,26)20-15-5-1-2-6-15/h3-4,7-12,15,20H,1-2,5-6H2,(H,19,22). The van der Waals surface area contributed by atoms with Crippen LogP contribution in [0.25, 0.3) is 0 Å². The number of nitrogens with one attached hydrogen (secondary N) is 2. The van der Waals surface area contributed by atoms with Crippen molar-refractivity contribution in [3.63, 3.8) is 0 Å². The number of nitrogens with zero attached hydrogens (tertiary/aromatic N) is 1. The molecule has 2 aromatic rings. The van der Waals surface area contributed by atoms with Gasteiger partial charge < -0.3 is 5.32 Å². The lowest BCUT2D eigenvalue weighted by Gasteiger charge is -2.13. The molecule has 1 amide bonds. The van der Waals surface area contributed by atoms with E-state index >= 15 is 0 Å². The first-order valence-electron chi connectivity index (χ1n) is 8.53. The molecule has 0 radical (unpaired) electrons. The SMILES string of the molecule is O=C(Nc1ccc([N+](=O)[O-])cc1)c1cccc(S(=O)(=O)NC2CCCC2)c1. The maximum Gasteiger partial charge on any atom is 0.269 e. The van der Waals surface area contributed by atoms with Gasteiger partial charge in [-0.3, -0.25) is 14.9 Å². The number of carbonyl (C=O) groups excluding carboxylic acids is 1. The summed E-state index contributed by atoms with van der Waals surface area (Å²) in [4.78, 5) is 22.6. The van der Waals surface area contributed by atoms with Crippen molar-refractivity contribution in [1.29, 1.82) is 0 Å². The average molecular weight is 389 g/mol. The molecule has 0 atom stereocenters. The van der Waals surface area contributed by atoms with Gasteiger partial charge in [-0.05, 0) is 43.2 Å². The summed E-state index contributed by atoms with van der Waals surface area (Å²) in [6, 6.07) is 11.1. The van der Waals surface area contributed by atoms with E-state index in [0.29, 0.717) is 5.69 Å². The molecule has 2 N–H and O–H groups in total. The highest BCUT2D eigenvalue weighted by Gasteiger charge is 2.23. The monoisotopic (exact) mass is 389 g/mol. The van der Waals surface area contributed by atoms with Crippen molar-refractivity contribution in [3.8, 4) is 0 Å². The van der Waals surface area contributed by atoms with Crippen molar-refractivity contribution < 1.29 is 18.1 Å². The first-order chi connectivity index (χ1) is 12.8. The second-order valence-electron chi connectivity index (χ2n) is 6.39. The van der Waals surface area contributed by atoms with Crippen LogP contribution >= 0.6 is 0 Å². The van der Waals surface area contributed by atoms with Crippen molar-refractivity contribution in [3.05, 3.63) is 64.2 Å². The molecule has 0 aliphatic heterocycles. The van der Waals surface area contributed by atoms with Gasteiger partial charge in [-0.15, -0.1) is 0 Å². The summed E-state index contributed by atoms with van der Waals surface area (Å²) >= 11 is 0. The van der Waals surface area contributed by atoms with Gasteiger partial charge in [0.1, 0.15) is 0 Å². The molecule has 0 saturated heterocycles. The predicted octanol–water partition coefficient (Wildman–Crippen LogP) is 3.07. The van der Waals surface area contributed by atoms with Gasteiger partial charge in [-0.1, -0.05) is 18.9 Å². The summed E-state index contributed by atoms with van der Waals surface area (Å²) < 4.78 is 27.7. The topological polar surface area (TPSA) is 118 Å². The zero-order chi connectivity index (χ0) is 19.4. The lowest BCUT2D eigenvalue weighted by Crippen LogP contribution is -2.32. The Bertz CT molecular complexity index is 951. The van der Waals surface area contributed by atoms with Gasteiger partial charge in [0.2, 0.25) is 10.0 Å². The summed E-state index contributed by atoms with van der Waals surface area (Å²) in [5.41, 5.74) is 0.477. The summed E-state index contributed by atoms with van der Waals surface area (Å²) in [6.07, 6.45) is 3.65. The molecule has 0 unspecified atom stereocenters. The highest BCUT2D eigenvalue weighted by Crippen LogP contribution is 2.21. The summed E-state index contributed by atoms with van der Waals surface area (Å²) in [5, 5.41) is 13.3. The Morgan fingerprint density at radius 1 is 1.07 bits per heavy atom. The minimum atomic E-state index is -3.69. The van der Waals surface area contributed by atoms with Crippen LogP contribution in [0.2, 0.25) is 0 Å². The summed E-state index contributed by atoms with van der Waals surface area (Å²) in [6.45, 7) is 0. The summed E-state index contributed by atoms with van der Waals surface area (Å²) in [5.74, 6) is -0.498. The molecule has 3 rings (SSSR count). The fraction of sp³-hybridized carbons (Fsp3) is 0.278. The van der Waals surface area contributed by atoms with E-state index in [-0.39, 0.29) is 22.2 Å². The number of hydrogen-bond acceptors (Lipinski definition) is 5. The number of hydrogen-bond donors (Lipinski definition) is 2. The molecule has 1 fully saturated rings. The second kappa shape index (κ2) is 7.85. The van der Waals surface area contributed by atoms with Crippen molar-refractivity contribution in [2.45, 2.75) is 36.6 Å². The lowest BCUT2D eigenvalue weighted by molar-refractivity contribution is -0.384. The van der Waals surface area contributed by atoms with Crippen LogP contribution in [0.4, 0.5) is 11.4 Å². The number of non-ortho nitro benzene ring substituents is 1. The lowest BCUT2D eigenvalue weighted by atomic mass is 10.2. The molecule has 0 aromatic heterocycles. The van der Waals surface area contributed by atoms with E-state index in [2.05, 4.69) is 10.0 Å². The molecule has 1 saturated carbocycles. The van der Waals surface area contributed by atoms with Gasteiger partial charge in [0.05, 0.1) is 9.82 Å². The van der Waals surface area contributed by atoms with Gasteiger partial charge in [0.15, 0.2) is 0 Å². The Hall–Kier alpha value is -2.78. The molecule has 0 bridgehead atoms. The minimum absolute atomic E-state index is 0.0331. The van der Waals surface area contributed by atoms with Crippen molar-refractivity contribution >= 4 is 27.3 Å². The second-order valence-corrected chi connectivity index (χ2v) is 8.10. The third-order valence-electron chi connectivity index (χ3n) is 4.42. The minimum Gasteiger partial charge on any atom is -0.322 e. The van der Waals surface area contributed by atoms with Crippen LogP contribution in [0.3, 0.4) is 0 Å². The Morgan fingerprint density at radius 2 is 1.74 bits per heavy atom. The third kappa shape index (κ3) is 4.69. The first-order valence-corrected chi connectivity index (χ1v) is 10.0. The molecule has 8 nitrogen and oxygen atoms in total. The number of rotatable bonds is 6. The molecular weight excluding hydrogens is 370 g/mol. The van der Waals surface area contributed by atoms with E-state index in [9.17, 15) is 23.3 Å². The third-order valence-corrected chi connectivity index (χ3v) is 5.94. The number of amides is 1. The molecule has 1 aliphatic carbocycles. The largest absolute Gasteiger partial charge is 0.322 e.